The summed E-state index contributed by atoms with van der Waals surface area (Å²) in [5.41, 5.74) is 1.14. The second-order valence-electron chi connectivity index (χ2n) is 5.47. The molecule has 0 saturated heterocycles. The molecular weight excluding hydrogens is 271 g/mol. The highest BCUT2D eigenvalue weighted by Crippen LogP contribution is 2.36. The van der Waals surface area contributed by atoms with Crippen molar-refractivity contribution in [2.24, 2.45) is 0 Å². The molecule has 0 bridgehead atoms. The molecule has 0 amide bonds. The fraction of sp³-hybridized carbons (Fsp3) is 0.412. The summed E-state index contributed by atoms with van der Waals surface area (Å²) >= 11 is 1.56. The van der Waals surface area contributed by atoms with Crippen molar-refractivity contribution in [2.45, 2.75) is 44.6 Å². The molecule has 1 atom stereocenters. The Hall–Kier alpha value is -1.19. The van der Waals surface area contributed by atoms with Crippen molar-refractivity contribution in [1.29, 1.82) is 0 Å². The van der Waals surface area contributed by atoms with Crippen LogP contribution in [-0.4, -0.2) is 5.11 Å². The first-order valence-electron chi connectivity index (χ1n) is 7.30. The van der Waals surface area contributed by atoms with Gasteiger partial charge in [-0.25, -0.2) is 4.39 Å². The van der Waals surface area contributed by atoms with Crippen molar-refractivity contribution >= 4 is 21.4 Å². The Balaban J connectivity index is 1.88. The van der Waals surface area contributed by atoms with Crippen LogP contribution in [-0.2, 0) is 0 Å². The Morgan fingerprint density at radius 3 is 2.85 bits per heavy atom. The van der Waals surface area contributed by atoms with Crippen molar-refractivity contribution < 1.29 is 9.50 Å². The molecule has 20 heavy (non-hydrogen) atoms. The minimum Gasteiger partial charge on any atom is -0.383 e. The Kier molecular flexibility index (Phi) is 4.18. The predicted molar refractivity (Wildman–Crippen MR) is 82.5 cm³/mol. The number of benzene rings is 1. The van der Waals surface area contributed by atoms with E-state index in [2.05, 4.69) is 6.08 Å². The van der Waals surface area contributed by atoms with Crippen molar-refractivity contribution in [3.8, 4) is 0 Å². The fourth-order valence-electron chi connectivity index (χ4n) is 2.82. The second kappa shape index (κ2) is 6.06. The smallest absolute Gasteiger partial charge is 0.123 e. The number of aliphatic hydroxyl groups excluding tert-OH is 1. The third kappa shape index (κ3) is 2.94. The minimum atomic E-state index is -0.520. The molecule has 106 valence electrons. The first-order valence-corrected chi connectivity index (χ1v) is 8.12. The van der Waals surface area contributed by atoms with E-state index in [-0.39, 0.29) is 5.82 Å². The van der Waals surface area contributed by atoms with Crippen molar-refractivity contribution in [1.82, 2.24) is 0 Å². The SMILES string of the molecule is OC(/C1=C/CCCCCC1)c1cc2cc(F)ccc2s1. The molecule has 1 aliphatic rings. The van der Waals surface area contributed by atoms with Gasteiger partial charge >= 0.3 is 0 Å². The van der Waals surface area contributed by atoms with Crippen LogP contribution in [0.1, 0.15) is 49.5 Å². The molecule has 0 fully saturated rings. The van der Waals surface area contributed by atoms with Gasteiger partial charge in [0.2, 0.25) is 0 Å². The average Bonchev–Trinajstić information content (AvgIpc) is 2.80. The molecule has 3 rings (SSSR count). The lowest BCUT2D eigenvalue weighted by Gasteiger charge is -2.16. The van der Waals surface area contributed by atoms with Gasteiger partial charge in [-0.05, 0) is 60.9 Å². The van der Waals surface area contributed by atoms with Gasteiger partial charge in [0, 0.05) is 9.58 Å². The molecule has 1 aromatic carbocycles. The monoisotopic (exact) mass is 290 g/mol. The van der Waals surface area contributed by atoms with Gasteiger partial charge in [0.1, 0.15) is 11.9 Å². The zero-order valence-corrected chi connectivity index (χ0v) is 12.3. The molecule has 0 aliphatic heterocycles. The van der Waals surface area contributed by atoms with Gasteiger partial charge in [-0.15, -0.1) is 11.3 Å². The molecule has 0 radical (unpaired) electrons. The molecule has 1 aromatic heterocycles. The molecule has 0 saturated carbocycles. The van der Waals surface area contributed by atoms with Crippen LogP contribution in [0.4, 0.5) is 4.39 Å². The van der Waals surface area contributed by atoms with Crippen LogP contribution in [0.2, 0.25) is 0 Å². The summed E-state index contributed by atoms with van der Waals surface area (Å²) in [7, 11) is 0. The molecule has 1 heterocycles. The number of hydrogen-bond acceptors (Lipinski definition) is 2. The number of fused-ring (bicyclic) bond motifs is 1. The van der Waals surface area contributed by atoms with Crippen molar-refractivity contribution in [2.75, 3.05) is 0 Å². The van der Waals surface area contributed by atoms with Crippen LogP contribution in [0, 0.1) is 5.82 Å². The van der Waals surface area contributed by atoms with Gasteiger partial charge in [-0.3, -0.25) is 0 Å². The highest BCUT2D eigenvalue weighted by atomic mass is 32.1. The van der Waals surface area contributed by atoms with E-state index in [1.807, 2.05) is 6.07 Å². The van der Waals surface area contributed by atoms with E-state index in [1.54, 1.807) is 17.4 Å². The quantitative estimate of drug-likeness (QED) is 0.739. The fourth-order valence-corrected chi connectivity index (χ4v) is 3.89. The molecule has 0 spiro atoms. The van der Waals surface area contributed by atoms with Crippen LogP contribution < -0.4 is 0 Å². The summed E-state index contributed by atoms with van der Waals surface area (Å²) in [4.78, 5) is 0.928. The molecular formula is C17H19FOS. The normalized spacial score (nSPS) is 21.0. The second-order valence-corrected chi connectivity index (χ2v) is 6.58. The van der Waals surface area contributed by atoms with Crippen LogP contribution in [0.25, 0.3) is 10.1 Å². The van der Waals surface area contributed by atoms with E-state index in [9.17, 15) is 9.50 Å². The zero-order chi connectivity index (χ0) is 13.9. The van der Waals surface area contributed by atoms with Gasteiger partial charge in [0.15, 0.2) is 0 Å². The summed E-state index contributed by atoms with van der Waals surface area (Å²) in [5, 5.41) is 11.5. The lowest BCUT2D eigenvalue weighted by Crippen LogP contribution is -2.01. The molecule has 1 nitrogen and oxygen atoms in total. The van der Waals surface area contributed by atoms with Gasteiger partial charge < -0.3 is 5.11 Å². The van der Waals surface area contributed by atoms with E-state index < -0.39 is 6.10 Å². The zero-order valence-electron chi connectivity index (χ0n) is 11.4. The Labute approximate surface area is 122 Å². The lowest BCUT2D eigenvalue weighted by molar-refractivity contribution is 0.213. The van der Waals surface area contributed by atoms with Gasteiger partial charge in [-0.2, -0.15) is 0 Å². The summed E-state index contributed by atoms with van der Waals surface area (Å²) in [6.45, 7) is 0. The van der Waals surface area contributed by atoms with E-state index in [1.165, 1.54) is 31.4 Å². The number of allylic oxidation sites excluding steroid dienone is 1. The van der Waals surface area contributed by atoms with E-state index >= 15 is 0 Å². The third-order valence-electron chi connectivity index (χ3n) is 3.94. The average molecular weight is 290 g/mol. The standard InChI is InChI=1S/C17H19FOS/c18-14-8-9-15-13(10-14)11-16(20-15)17(19)12-6-4-2-1-3-5-7-12/h6,8-11,17,19H,1-5,7H2/b12-6+. The van der Waals surface area contributed by atoms with E-state index in [0.717, 1.165) is 39.8 Å². The van der Waals surface area contributed by atoms with Gasteiger partial charge in [0.05, 0.1) is 0 Å². The summed E-state index contributed by atoms with van der Waals surface area (Å²) < 4.78 is 14.3. The number of halogens is 1. The largest absolute Gasteiger partial charge is 0.383 e. The summed E-state index contributed by atoms with van der Waals surface area (Å²) in [5.74, 6) is -0.221. The third-order valence-corrected chi connectivity index (χ3v) is 5.11. The number of aliphatic hydroxyl groups is 1. The maximum absolute atomic E-state index is 13.2. The summed E-state index contributed by atoms with van der Waals surface area (Å²) in [6.07, 6.45) is 8.64. The maximum Gasteiger partial charge on any atom is 0.123 e. The van der Waals surface area contributed by atoms with E-state index in [4.69, 9.17) is 0 Å². The topological polar surface area (TPSA) is 20.2 Å². The predicted octanol–water partition coefficient (Wildman–Crippen LogP) is 5.35. The first kappa shape index (κ1) is 13.8. The maximum atomic E-state index is 13.2. The summed E-state index contributed by atoms with van der Waals surface area (Å²) in [6, 6.07) is 6.73. The molecule has 1 aliphatic carbocycles. The Bertz CT molecular complexity index is 629. The highest BCUT2D eigenvalue weighted by Gasteiger charge is 2.17. The van der Waals surface area contributed by atoms with Crippen LogP contribution in [0.5, 0.6) is 0 Å². The van der Waals surface area contributed by atoms with Crippen LogP contribution in [0.15, 0.2) is 35.9 Å². The Morgan fingerprint density at radius 1 is 1.10 bits per heavy atom. The number of rotatable bonds is 2. The van der Waals surface area contributed by atoms with Crippen LogP contribution in [0.3, 0.4) is 0 Å². The molecule has 1 N–H and O–H groups in total. The highest BCUT2D eigenvalue weighted by molar-refractivity contribution is 7.19. The molecule has 1 unspecified atom stereocenters. The van der Waals surface area contributed by atoms with E-state index in [0.29, 0.717) is 0 Å². The van der Waals surface area contributed by atoms with Crippen molar-refractivity contribution in [3.05, 3.63) is 46.6 Å². The first-order chi connectivity index (χ1) is 9.74. The van der Waals surface area contributed by atoms with Gasteiger partial charge in [0.25, 0.3) is 0 Å². The lowest BCUT2D eigenvalue weighted by atomic mass is 9.95. The minimum absolute atomic E-state index is 0.221. The number of hydrogen-bond donors (Lipinski definition) is 1. The number of thiophene rings is 1. The molecule has 2 aromatic rings. The van der Waals surface area contributed by atoms with Crippen molar-refractivity contribution in [3.63, 3.8) is 0 Å². The Morgan fingerprint density at radius 2 is 1.95 bits per heavy atom. The molecule has 3 heteroatoms. The van der Waals surface area contributed by atoms with Gasteiger partial charge in [-0.1, -0.05) is 18.9 Å². The van der Waals surface area contributed by atoms with Crippen LogP contribution >= 0.6 is 11.3 Å².